The van der Waals surface area contributed by atoms with Gasteiger partial charge in [0.2, 0.25) is 0 Å². The molecule has 0 spiro atoms. The Balaban J connectivity index is 0.00000220. The van der Waals surface area contributed by atoms with E-state index in [1.54, 1.807) is 16.7 Å². The molecule has 216 valence electrons. The van der Waals surface area contributed by atoms with Gasteiger partial charge in [-0.3, -0.25) is 0 Å². The van der Waals surface area contributed by atoms with Crippen LogP contribution in [0.15, 0.2) is 57.4 Å². The summed E-state index contributed by atoms with van der Waals surface area (Å²) in [5.74, 6) is 0.581. The smallest absolute Gasteiger partial charge is 1.00 e. The van der Waals surface area contributed by atoms with Gasteiger partial charge in [-0.1, -0.05) is 0 Å². The largest absolute Gasteiger partial charge is 1.00 e. The number of benzene rings is 2. The summed E-state index contributed by atoms with van der Waals surface area (Å²) >= 11 is -2.30. The molecule has 3 aliphatic carbocycles. The Bertz CT molecular complexity index is 1280. The van der Waals surface area contributed by atoms with Crippen molar-refractivity contribution in [3.63, 3.8) is 0 Å². The average molecular weight is 657 g/mol. The monoisotopic (exact) mass is 654 g/mol. The van der Waals surface area contributed by atoms with Crippen LogP contribution in [-0.4, -0.2) is 3.21 Å². The van der Waals surface area contributed by atoms with Gasteiger partial charge < -0.3 is 24.8 Å². The summed E-state index contributed by atoms with van der Waals surface area (Å²) in [6, 6.07) is 15.1. The quantitative estimate of drug-likeness (QED) is 0.443. The molecule has 1 saturated carbocycles. The van der Waals surface area contributed by atoms with Crippen LogP contribution in [0.4, 0.5) is 0 Å². The Morgan fingerprint density at radius 1 is 0.650 bits per heavy atom. The zero-order valence-corrected chi connectivity index (χ0v) is 30.5. The predicted octanol–water partition coefficient (Wildman–Crippen LogP) is 4.62. The first kappa shape index (κ1) is 33.8. The molecule has 0 saturated heterocycles. The van der Waals surface area contributed by atoms with Crippen LogP contribution in [-0.2, 0) is 32.1 Å². The molecule has 0 radical (unpaired) electrons. The first-order chi connectivity index (χ1) is 17.7. The van der Waals surface area contributed by atoms with Crippen LogP contribution in [0.1, 0.15) is 127 Å². The van der Waals surface area contributed by atoms with Crippen LogP contribution in [0.3, 0.4) is 0 Å². The second kappa shape index (κ2) is 12.1. The standard InChI is InChI=1S/C21H25.C10H15.C6H10.2ClH.Zr/c1-20(2,3)16-7-9-18-14(12-16)11-15-13-17(21(4,5)6)8-10-19(15)18;1-8-5-6-9(7-8)10(2,3)4;1-2-4-6-5-3-1;;;/h7-13H,1-6H3;6-8H,1-4H3;1-5H2;2*1H;/q;;;;;+2/p-2. The third-order valence-corrected chi connectivity index (χ3v) is 18.3. The van der Waals surface area contributed by atoms with Gasteiger partial charge in [0.25, 0.3) is 0 Å². The van der Waals surface area contributed by atoms with E-state index in [1.807, 2.05) is 6.49 Å². The van der Waals surface area contributed by atoms with E-state index in [0.29, 0.717) is 9.54 Å². The average Bonchev–Trinajstić information content (AvgIpc) is 3.37. The van der Waals surface area contributed by atoms with Gasteiger partial charge in [-0.25, -0.2) is 0 Å². The molecule has 1 fully saturated rings. The molecule has 1 atom stereocenters. The van der Waals surface area contributed by atoms with Gasteiger partial charge in [-0.15, -0.1) is 0 Å². The van der Waals surface area contributed by atoms with Gasteiger partial charge in [-0.05, 0) is 0 Å². The second-order valence-electron chi connectivity index (χ2n) is 15.4. The molecule has 0 bridgehead atoms. The molecule has 2 aromatic rings. The molecule has 1 unspecified atom stereocenters. The van der Waals surface area contributed by atoms with Crippen molar-refractivity contribution in [2.75, 3.05) is 0 Å². The Morgan fingerprint density at radius 2 is 1.12 bits per heavy atom. The molecule has 2 aromatic carbocycles. The van der Waals surface area contributed by atoms with Crippen molar-refractivity contribution < 1.29 is 46.1 Å². The Kier molecular flexibility index (Phi) is 10.2. The summed E-state index contributed by atoms with van der Waals surface area (Å²) in [5.41, 5.74) is 11.4. The SMILES string of the molecule is CC1C=C(C(C)(C)C)C=[C]1[Zr+2](=[C]1CCCCC1)[CH]1c2cc(C(C)(C)C)ccc2-c2ccc(C(C)(C)C)cc21.[Cl-].[Cl-]. The van der Waals surface area contributed by atoms with E-state index in [-0.39, 0.29) is 41.1 Å². The molecule has 3 heteroatoms. The fourth-order valence-corrected chi connectivity index (χ4v) is 16.7. The maximum atomic E-state index is 2.71. The number of allylic oxidation sites excluding steroid dienone is 4. The zero-order valence-electron chi connectivity index (χ0n) is 26.6. The van der Waals surface area contributed by atoms with Crippen molar-refractivity contribution in [3.8, 4) is 11.1 Å². The molecule has 40 heavy (non-hydrogen) atoms. The van der Waals surface area contributed by atoms with Gasteiger partial charge in [0.05, 0.1) is 0 Å². The molecular formula is C37H50Cl2Zr. The van der Waals surface area contributed by atoms with Crippen LogP contribution in [0.25, 0.3) is 11.1 Å². The molecule has 3 aliphatic rings. The number of hydrogen-bond donors (Lipinski definition) is 0. The van der Waals surface area contributed by atoms with E-state index in [9.17, 15) is 0 Å². The van der Waals surface area contributed by atoms with E-state index >= 15 is 0 Å². The topological polar surface area (TPSA) is 0 Å². The maximum Gasteiger partial charge on any atom is -1.00 e. The third kappa shape index (κ3) is 6.43. The fraction of sp³-hybridized carbons (Fsp3) is 0.541. The number of hydrogen-bond acceptors (Lipinski definition) is 0. The van der Waals surface area contributed by atoms with Crippen molar-refractivity contribution in [1.29, 1.82) is 0 Å². The van der Waals surface area contributed by atoms with Crippen LogP contribution >= 0.6 is 0 Å². The molecular weight excluding hydrogens is 607 g/mol. The van der Waals surface area contributed by atoms with Crippen molar-refractivity contribution in [2.24, 2.45) is 11.3 Å². The van der Waals surface area contributed by atoms with E-state index < -0.39 is 21.3 Å². The molecule has 0 amide bonds. The van der Waals surface area contributed by atoms with Crippen LogP contribution in [0.5, 0.6) is 0 Å². The molecule has 0 N–H and O–H groups in total. The van der Waals surface area contributed by atoms with E-state index in [4.69, 9.17) is 0 Å². The number of halogens is 2. The molecule has 5 rings (SSSR count). The Labute approximate surface area is 265 Å². The van der Waals surface area contributed by atoms with Crippen molar-refractivity contribution >= 4 is 3.21 Å². The van der Waals surface area contributed by atoms with E-state index in [0.717, 1.165) is 0 Å². The second-order valence-corrected chi connectivity index (χ2v) is 22.0. The van der Waals surface area contributed by atoms with Crippen molar-refractivity contribution in [1.82, 2.24) is 0 Å². The minimum absolute atomic E-state index is 0. The molecule has 0 aliphatic heterocycles. The van der Waals surface area contributed by atoms with Crippen molar-refractivity contribution in [3.05, 3.63) is 79.7 Å². The van der Waals surface area contributed by atoms with Crippen molar-refractivity contribution in [2.45, 2.75) is 116 Å². The Hall–Kier alpha value is -0.747. The first-order valence-corrected chi connectivity index (χ1v) is 19.0. The van der Waals surface area contributed by atoms with E-state index in [2.05, 4.69) is 118 Å². The third-order valence-electron chi connectivity index (χ3n) is 9.28. The summed E-state index contributed by atoms with van der Waals surface area (Å²) in [6.07, 6.45) is 12.3. The van der Waals surface area contributed by atoms with Crippen LogP contribution in [0.2, 0.25) is 0 Å². The van der Waals surface area contributed by atoms with Crippen LogP contribution in [0, 0.1) is 11.3 Å². The first-order valence-electron chi connectivity index (χ1n) is 15.1. The maximum absolute atomic E-state index is 2.71. The number of rotatable bonds is 2. The summed E-state index contributed by atoms with van der Waals surface area (Å²) in [5, 5.41) is 0. The normalized spacial score (nSPS) is 19.0. The minimum Gasteiger partial charge on any atom is -1.00 e. The van der Waals surface area contributed by atoms with Crippen LogP contribution < -0.4 is 24.8 Å². The summed E-state index contributed by atoms with van der Waals surface area (Å²) in [6.45, 7) is 23.9. The van der Waals surface area contributed by atoms with Gasteiger partial charge in [0.1, 0.15) is 0 Å². The number of fused-ring (bicyclic) bond motifs is 3. The zero-order chi connectivity index (χ0) is 27.6. The van der Waals surface area contributed by atoms with Gasteiger partial charge >= 0.3 is 242 Å². The molecule has 0 aromatic heterocycles. The molecule has 0 heterocycles. The summed E-state index contributed by atoms with van der Waals surface area (Å²) in [4.78, 5) is 0. The van der Waals surface area contributed by atoms with E-state index in [1.165, 1.54) is 54.4 Å². The summed E-state index contributed by atoms with van der Waals surface area (Å²) in [7, 11) is 0. The summed E-state index contributed by atoms with van der Waals surface area (Å²) < 4.78 is 4.47. The fourth-order valence-electron chi connectivity index (χ4n) is 6.82. The van der Waals surface area contributed by atoms with Gasteiger partial charge in [0, 0.05) is 0 Å². The van der Waals surface area contributed by atoms with Gasteiger partial charge in [-0.2, -0.15) is 0 Å². The molecule has 0 nitrogen and oxygen atoms in total. The minimum atomic E-state index is -2.30. The van der Waals surface area contributed by atoms with Gasteiger partial charge in [0.15, 0.2) is 0 Å². The predicted molar refractivity (Wildman–Crippen MR) is 164 cm³/mol. The Morgan fingerprint density at radius 3 is 1.52 bits per heavy atom.